The summed E-state index contributed by atoms with van der Waals surface area (Å²) in [7, 11) is 0. The first-order valence-corrected chi connectivity index (χ1v) is 5.64. The first kappa shape index (κ1) is 12.2. The molecule has 2 heterocycles. The average molecular weight is 274 g/mol. The Hall–Kier alpha value is -2.83. The van der Waals surface area contributed by atoms with Crippen molar-refractivity contribution in [2.75, 3.05) is 5.73 Å². The van der Waals surface area contributed by atoms with E-state index in [1.807, 2.05) is 0 Å². The van der Waals surface area contributed by atoms with Crippen molar-refractivity contribution < 1.29 is 13.3 Å². The fourth-order valence-corrected chi connectivity index (χ4v) is 1.61. The second-order valence-electron chi connectivity index (χ2n) is 4.03. The van der Waals surface area contributed by atoms with Crippen LogP contribution in [0.15, 0.2) is 41.1 Å². The minimum Gasteiger partial charge on any atom is -0.397 e. The number of nitrogens with two attached hydrogens (primary N) is 1. The SMILES string of the molecule is Nc1ccc(-c2nc(-c3ccc(F)c(F)c3)no2)nc1. The molecule has 3 rings (SSSR count). The van der Waals surface area contributed by atoms with Gasteiger partial charge in [0.05, 0.1) is 11.9 Å². The lowest BCUT2D eigenvalue weighted by atomic mass is 10.2. The number of rotatable bonds is 2. The van der Waals surface area contributed by atoms with Gasteiger partial charge in [0.25, 0.3) is 5.89 Å². The smallest absolute Gasteiger partial charge is 0.276 e. The maximum absolute atomic E-state index is 13.2. The van der Waals surface area contributed by atoms with Crippen LogP contribution in [0.3, 0.4) is 0 Å². The van der Waals surface area contributed by atoms with Crippen LogP contribution in [0.5, 0.6) is 0 Å². The van der Waals surface area contributed by atoms with Crippen molar-refractivity contribution in [3.8, 4) is 23.0 Å². The summed E-state index contributed by atoms with van der Waals surface area (Å²) < 4.78 is 31.0. The monoisotopic (exact) mass is 274 g/mol. The highest BCUT2D eigenvalue weighted by Crippen LogP contribution is 2.22. The lowest BCUT2D eigenvalue weighted by Crippen LogP contribution is -1.89. The highest BCUT2D eigenvalue weighted by atomic mass is 19.2. The molecule has 0 bridgehead atoms. The predicted octanol–water partition coefficient (Wildman–Crippen LogP) is 2.66. The second-order valence-corrected chi connectivity index (χ2v) is 4.03. The maximum Gasteiger partial charge on any atom is 0.276 e. The van der Waals surface area contributed by atoms with E-state index in [9.17, 15) is 8.78 Å². The molecule has 3 aromatic rings. The molecule has 0 spiro atoms. The van der Waals surface area contributed by atoms with Crippen LogP contribution in [0.4, 0.5) is 14.5 Å². The number of hydrogen-bond acceptors (Lipinski definition) is 5. The van der Waals surface area contributed by atoms with Gasteiger partial charge >= 0.3 is 0 Å². The number of halogens is 2. The van der Waals surface area contributed by atoms with Gasteiger partial charge in [-0.15, -0.1) is 0 Å². The number of pyridine rings is 1. The van der Waals surface area contributed by atoms with Crippen molar-refractivity contribution in [3.05, 3.63) is 48.2 Å². The zero-order valence-electron chi connectivity index (χ0n) is 10.0. The summed E-state index contributed by atoms with van der Waals surface area (Å²) in [5.41, 5.74) is 6.79. The molecule has 7 heteroatoms. The third kappa shape index (κ3) is 2.20. The molecule has 2 aromatic heterocycles. The van der Waals surface area contributed by atoms with Crippen molar-refractivity contribution >= 4 is 5.69 Å². The van der Waals surface area contributed by atoms with Gasteiger partial charge < -0.3 is 10.3 Å². The molecule has 0 saturated heterocycles. The van der Waals surface area contributed by atoms with Crippen molar-refractivity contribution in [2.45, 2.75) is 0 Å². The predicted molar refractivity (Wildman–Crippen MR) is 67.3 cm³/mol. The van der Waals surface area contributed by atoms with Gasteiger partial charge in [-0.05, 0) is 30.3 Å². The van der Waals surface area contributed by atoms with E-state index in [0.717, 1.165) is 12.1 Å². The Labute approximate surface area is 112 Å². The molecular formula is C13H8F2N4O. The minimum absolute atomic E-state index is 0.150. The second kappa shape index (κ2) is 4.69. The number of anilines is 1. The average Bonchev–Trinajstić information content (AvgIpc) is 2.92. The molecule has 0 aliphatic rings. The number of hydrogen-bond donors (Lipinski definition) is 1. The molecule has 20 heavy (non-hydrogen) atoms. The Morgan fingerprint density at radius 2 is 1.90 bits per heavy atom. The molecule has 0 amide bonds. The summed E-state index contributed by atoms with van der Waals surface area (Å²) in [5, 5.41) is 3.71. The fourth-order valence-electron chi connectivity index (χ4n) is 1.61. The Morgan fingerprint density at radius 1 is 1.05 bits per heavy atom. The van der Waals surface area contributed by atoms with E-state index in [1.54, 1.807) is 12.1 Å². The Morgan fingerprint density at radius 3 is 2.60 bits per heavy atom. The quantitative estimate of drug-likeness (QED) is 0.777. The van der Waals surface area contributed by atoms with Crippen LogP contribution in [0.1, 0.15) is 0 Å². The number of nitrogens with zero attached hydrogens (tertiary/aromatic N) is 3. The first-order chi connectivity index (χ1) is 9.63. The molecule has 0 fully saturated rings. The zero-order valence-corrected chi connectivity index (χ0v) is 10.0. The molecule has 0 saturated carbocycles. The Bertz CT molecular complexity index is 755. The summed E-state index contributed by atoms with van der Waals surface area (Å²) in [4.78, 5) is 8.11. The summed E-state index contributed by atoms with van der Waals surface area (Å²) in [6.07, 6.45) is 1.46. The minimum atomic E-state index is -0.973. The van der Waals surface area contributed by atoms with Crippen molar-refractivity contribution in [1.82, 2.24) is 15.1 Å². The van der Waals surface area contributed by atoms with E-state index in [0.29, 0.717) is 16.9 Å². The maximum atomic E-state index is 13.2. The van der Waals surface area contributed by atoms with Crippen LogP contribution in [-0.2, 0) is 0 Å². The van der Waals surface area contributed by atoms with Gasteiger partial charge in [0, 0.05) is 5.56 Å². The first-order valence-electron chi connectivity index (χ1n) is 5.64. The number of benzene rings is 1. The van der Waals surface area contributed by atoms with Gasteiger partial charge in [0.15, 0.2) is 11.6 Å². The Kier molecular flexibility index (Phi) is 2.86. The van der Waals surface area contributed by atoms with Crippen LogP contribution in [0.25, 0.3) is 23.0 Å². The van der Waals surface area contributed by atoms with Crippen LogP contribution in [0, 0.1) is 11.6 Å². The summed E-state index contributed by atoms with van der Waals surface area (Å²) in [6, 6.07) is 6.63. The normalized spacial score (nSPS) is 10.7. The lowest BCUT2D eigenvalue weighted by Gasteiger charge is -1.95. The highest BCUT2D eigenvalue weighted by molar-refractivity contribution is 5.58. The van der Waals surface area contributed by atoms with E-state index < -0.39 is 11.6 Å². The van der Waals surface area contributed by atoms with Crippen molar-refractivity contribution in [2.24, 2.45) is 0 Å². The van der Waals surface area contributed by atoms with Gasteiger partial charge in [-0.3, -0.25) is 0 Å². The van der Waals surface area contributed by atoms with Crippen LogP contribution in [0.2, 0.25) is 0 Å². The molecule has 0 unspecified atom stereocenters. The van der Waals surface area contributed by atoms with Crippen molar-refractivity contribution in [1.29, 1.82) is 0 Å². The van der Waals surface area contributed by atoms with E-state index in [1.165, 1.54) is 12.3 Å². The van der Waals surface area contributed by atoms with E-state index in [4.69, 9.17) is 10.3 Å². The van der Waals surface area contributed by atoms with Gasteiger partial charge in [-0.2, -0.15) is 4.98 Å². The van der Waals surface area contributed by atoms with Gasteiger partial charge in [0.1, 0.15) is 5.69 Å². The summed E-state index contributed by atoms with van der Waals surface area (Å²) in [5.74, 6) is -1.58. The molecule has 2 N–H and O–H groups in total. The number of nitrogen functional groups attached to an aromatic ring is 1. The van der Waals surface area contributed by atoms with Crippen LogP contribution < -0.4 is 5.73 Å². The molecular weight excluding hydrogens is 266 g/mol. The van der Waals surface area contributed by atoms with E-state index in [2.05, 4.69) is 15.1 Å². The largest absolute Gasteiger partial charge is 0.397 e. The standard InChI is InChI=1S/C13H8F2N4O/c14-9-3-1-7(5-10(9)15)12-18-13(20-19-12)11-4-2-8(16)6-17-11/h1-6H,16H2. The topological polar surface area (TPSA) is 77.8 Å². The highest BCUT2D eigenvalue weighted by Gasteiger charge is 2.13. The molecule has 0 aliphatic heterocycles. The molecule has 1 aromatic carbocycles. The molecule has 0 atom stereocenters. The van der Waals surface area contributed by atoms with Crippen LogP contribution in [-0.4, -0.2) is 15.1 Å². The van der Waals surface area contributed by atoms with E-state index >= 15 is 0 Å². The van der Waals surface area contributed by atoms with Gasteiger partial charge in [0.2, 0.25) is 5.82 Å². The Balaban J connectivity index is 1.97. The summed E-state index contributed by atoms with van der Waals surface area (Å²) >= 11 is 0. The van der Waals surface area contributed by atoms with Gasteiger partial charge in [-0.25, -0.2) is 13.8 Å². The van der Waals surface area contributed by atoms with Crippen LogP contribution >= 0.6 is 0 Å². The van der Waals surface area contributed by atoms with Gasteiger partial charge in [-0.1, -0.05) is 5.16 Å². The summed E-state index contributed by atoms with van der Waals surface area (Å²) in [6.45, 7) is 0. The van der Waals surface area contributed by atoms with E-state index in [-0.39, 0.29) is 11.7 Å². The third-order valence-corrected chi connectivity index (χ3v) is 2.61. The lowest BCUT2D eigenvalue weighted by molar-refractivity contribution is 0.431. The fraction of sp³-hybridized carbons (Fsp3) is 0. The number of aromatic nitrogens is 3. The van der Waals surface area contributed by atoms with Crippen molar-refractivity contribution in [3.63, 3.8) is 0 Å². The third-order valence-electron chi connectivity index (χ3n) is 2.61. The molecule has 5 nitrogen and oxygen atoms in total. The molecule has 0 radical (unpaired) electrons. The zero-order chi connectivity index (χ0) is 14.1. The molecule has 0 aliphatic carbocycles. The molecule has 100 valence electrons.